The second-order valence-corrected chi connectivity index (χ2v) is 2.73. The zero-order chi connectivity index (χ0) is 11.3. The van der Waals surface area contributed by atoms with Crippen molar-refractivity contribution in [2.75, 3.05) is 0 Å². The molecule has 4 heteroatoms. The molecule has 1 rings (SSSR count). The van der Waals surface area contributed by atoms with E-state index in [1.54, 1.807) is 0 Å². The number of phenolic OH excluding ortho intramolecular Hbond substituents is 1. The summed E-state index contributed by atoms with van der Waals surface area (Å²) in [5.74, 6) is 3.62. The van der Waals surface area contributed by atoms with Crippen LogP contribution < -0.4 is 0 Å². The third kappa shape index (κ3) is 2.85. The lowest BCUT2D eigenvalue weighted by molar-refractivity contribution is -0.135. The number of carboxylic acid groups (broad SMARTS) is 1. The molecule has 0 spiro atoms. The molecular formula is C11H8O4. The van der Waals surface area contributed by atoms with Crippen molar-refractivity contribution in [2.45, 2.75) is 6.42 Å². The van der Waals surface area contributed by atoms with Crippen molar-refractivity contribution >= 4 is 12.3 Å². The van der Waals surface area contributed by atoms with Gasteiger partial charge >= 0.3 is 5.97 Å². The SMILES string of the molecule is O=Cc1cccc(O)c1C#CCC(=O)O. The molecule has 2 N–H and O–H groups in total. The van der Waals surface area contributed by atoms with E-state index in [-0.39, 0.29) is 23.3 Å². The number of carbonyl (C=O) groups excluding carboxylic acids is 1. The first-order valence-electron chi connectivity index (χ1n) is 4.13. The molecule has 0 aromatic heterocycles. The van der Waals surface area contributed by atoms with Gasteiger partial charge in [-0.3, -0.25) is 9.59 Å². The van der Waals surface area contributed by atoms with Gasteiger partial charge in [0, 0.05) is 5.56 Å². The number of aliphatic carboxylic acids is 1. The summed E-state index contributed by atoms with van der Waals surface area (Å²) in [5.41, 5.74) is 0.404. The highest BCUT2D eigenvalue weighted by Gasteiger charge is 2.03. The fourth-order valence-corrected chi connectivity index (χ4v) is 1.00. The summed E-state index contributed by atoms with van der Waals surface area (Å²) in [4.78, 5) is 20.8. The summed E-state index contributed by atoms with van der Waals surface area (Å²) in [7, 11) is 0. The zero-order valence-electron chi connectivity index (χ0n) is 7.73. The van der Waals surface area contributed by atoms with Crippen molar-refractivity contribution in [1.29, 1.82) is 0 Å². The summed E-state index contributed by atoms with van der Waals surface area (Å²) in [5, 5.41) is 17.7. The van der Waals surface area contributed by atoms with Gasteiger partial charge < -0.3 is 10.2 Å². The van der Waals surface area contributed by atoms with E-state index in [4.69, 9.17) is 5.11 Å². The number of aldehydes is 1. The predicted octanol–water partition coefficient (Wildman–Crippen LogP) is 1.03. The zero-order valence-corrected chi connectivity index (χ0v) is 7.73. The summed E-state index contributed by atoms with van der Waals surface area (Å²) in [6.45, 7) is 0. The highest BCUT2D eigenvalue weighted by Crippen LogP contribution is 2.18. The third-order valence-corrected chi connectivity index (χ3v) is 1.65. The number of rotatable bonds is 2. The van der Waals surface area contributed by atoms with E-state index in [0.29, 0.717) is 6.29 Å². The number of phenols is 1. The summed E-state index contributed by atoms with van der Waals surface area (Å²) >= 11 is 0. The summed E-state index contributed by atoms with van der Waals surface area (Å²) in [6.07, 6.45) is 0.233. The molecule has 0 heterocycles. The van der Waals surface area contributed by atoms with Gasteiger partial charge in [-0.2, -0.15) is 0 Å². The highest BCUT2D eigenvalue weighted by atomic mass is 16.4. The second-order valence-electron chi connectivity index (χ2n) is 2.73. The Labute approximate surface area is 86.2 Å². The van der Waals surface area contributed by atoms with E-state index >= 15 is 0 Å². The monoisotopic (exact) mass is 204 g/mol. The maximum Gasteiger partial charge on any atom is 0.315 e. The molecule has 0 saturated heterocycles. The minimum absolute atomic E-state index is 0.127. The number of carboxylic acids is 1. The second kappa shape index (κ2) is 4.82. The topological polar surface area (TPSA) is 74.6 Å². The van der Waals surface area contributed by atoms with Crippen molar-refractivity contribution in [3.05, 3.63) is 29.3 Å². The standard InChI is InChI=1S/C11H8O4/c12-7-8-3-1-5-10(13)9(8)4-2-6-11(14)15/h1,3,5,7,13H,6H2,(H,14,15). The van der Waals surface area contributed by atoms with Crippen LogP contribution in [0.1, 0.15) is 22.3 Å². The molecule has 0 aliphatic carbocycles. The van der Waals surface area contributed by atoms with Gasteiger partial charge in [0.2, 0.25) is 0 Å². The van der Waals surface area contributed by atoms with Crippen LogP contribution >= 0.6 is 0 Å². The van der Waals surface area contributed by atoms with Crippen LogP contribution in [0.3, 0.4) is 0 Å². The Bertz CT molecular complexity index is 451. The Morgan fingerprint density at radius 1 is 1.47 bits per heavy atom. The highest BCUT2D eigenvalue weighted by molar-refractivity contribution is 5.81. The number of hydrogen-bond acceptors (Lipinski definition) is 3. The van der Waals surface area contributed by atoms with Gasteiger partial charge in [-0.15, -0.1) is 0 Å². The fraction of sp³-hybridized carbons (Fsp3) is 0.0909. The molecule has 1 aromatic carbocycles. The average molecular weight is 204 g/mol. The number of benzene rings is 1. The quantitative estimate of drug-likeness (QED) is 0.557. The first-order valence-corrected chi connectivity index (χ1v) is 4.13. The van der Waals surface area contributed by atoms with Crippen molar-refractivity contribution in [1.82, 2.24) is 0 Å². The van der Waals surface area contributed by atoms with E-state index < -0.39 is 5.97 Å². The Hall–Kier alpha value is -2.28. The molecule has 1 aromatic rings. The molecule has 76 valence electrons. The lowest BCUT2D eigenvalue weighted by atomic mass is 10.1. The van der Waals surface area contributed by atoms with Crippen LogP contribution in [0.25, 0.3) is 0 Å². The molecule has 0 atom stereocenters. The van der Waals surface area contributed by atoms with Crippen molar-refractivity contribution in [3.63, 3.8) is 0 Å². The van der Waals surface area contributed by atoms with E-state index in [9.17, 15) is 14.7 Å². The van der Waals surface area contributed by atoms with Crippen LogP contribution in [0.15, 0.2) is 18.2 Å². The van der Waals surface area contributed by atoms with Crippen molar-refractivity contribution < 1.29 is 19.8 Å². The molecular weight excluding hydrogens is 196 g/mol. The molecule has 0 aliphatic rings. The Balaban J connectivity index is 3.05. The van der Waals surface area contributed by atoms with Crippen LogP contribution in [0.4, 0.5) is 0 Å². The lowest BCUT2D eigenvalue weighted by Crippen LogP contribution is -1.91. The molecule has 15 heavy (non-hydrogen) atoms. The van der Waals surface area contributed by atoms with Gasteiger partial charge in [0.1, 0.15) is 12.2 Å². The van der Waals surface area contributed by atoms with Gasteiger partial charge in [-0.25, -0.2) is 0 Å². The first-order chi connectivity index (χ1) is 7.15. The molecule has 0 fully saturated rings. The minimum Gasteiger partial charge on any atom is -0.507 e. The van der Waals surface area contributed by atoms with Gasteiger partial charge in [-0.05, 0) is 6.07 Å². The van der Waals surface area contributed by atoms with Gasteiger partial charge in [0.15, 0.2) is 6.29 Å². The molecule has 0 amide bonds. The Morgan fingerprint density at radius 3 is 2.80 bits per heavy atom. The van der Waals surface area contributed by atoms with Crippen LogP contribution in [0.2, 0.25) is 0 Å². The Morgan fingerprint density at radius 2 is 2.20 bits per heavy atom. The molecule has 0 aliphatic heterocycles. The maximum absolute atomic E-state index is 10.6. The smallest absolute Gasteiger partial charge is 0.315 e. The Kier molecular flexibility index (Phi) is 3.47. The third-order valence-electron chi connectivity index (χ3n) is 1.65. The summed E-state index contributed by atoms with van der Waals surface area (Å²) < 4.78 is 0. The average Bonchev–Trinajstić information content (AvgIpc) is 2.20. The van der Waals surface area contributed by atoms with Crippen molar-refractivity contribution in [3.8, 4) is 17.6 Å². The summed E-state index contributed by atoms with van der Waals surface area (Å²) in [6, 6.07) is 4.40. The van der Waals surface area contributed by atoms with Gasteiger partial charge in [0.05, 0.1) is 5.56 Å². The van der Waals surface area contributed by atoms with E-state index in [0.717, 1.165) is 0 Å². The molecule has 0 unspecified atom stereocenters. The van der Waals surface area contributed by atoms with Crippen LogP contribution in [-0.2, 0) is 4.79 Å². The normalized spacial score (nSPS) is 8.80. The largest absolute Gasteiger partial charge is 0.507 e. The van der Waals surface area contributed by atoms with E-state index in [2.05, 4.69) is 11.8 Å². The van der Waals surface area contributed by atoms with E-state index in [1.807, 2.05) is 0 Å². The molecule has 4 nitrogen and oxygen atoms in total. The number of hydrogen-bond donors (Lipinski definition) is 2. The van der Waals surface area contributed by atoms with Crippen molar-refractivity contribution in [2.24, 2.45) is 0 Å². The number of carbonyl (C=O) groups is 2. The van der Waals surface area contributed by atoms with E-state index in [1.165, 1.54) is 18.2 Å². The molecule has 0 saturated carbocycles. The van der Waals surface area contributed by atoms with Crippen LogP contribution in [0, 0.1) is 11.8 Å². The van der Waals surface area contributed by atoms with Crippen LogP contribution in [-0.4, -0.2) is 22.5 Å². The van der Waals surface area contributed by atoms with Gasteiger partial charge in [-0.1, -0.05) is 24.0 Å². The van der Waals surface area contributed by atoms with Gasteiger partial charge in [0.25, 0.3) is 0 Å². The first kappa shape index (κ1) is 10.8. The predicted molar refractivity (Wildman–Crippen MR) is 52.6 cm³/mol. The maximum atomic E-state index is 10.6. The van der Waals surface area contributed by atoms with Crippen LogP contribution in [0.5, 0.6) is 5.75 Å². The number of aromatic hydroxyl groups is 1. The molecule has 0 radical (unpaired) electrons. The molecule has 0 bridgehead atoms. The lowest BCUT2D eigenvalue weighted by Gasteiger charge is -1.98. The fourth-order valence-electron chi connectivity index (χ4n) is 1.00. The minimum atomic E-state index is -1.05.